The molecule has 1 aromatic heterocycles. The van der Waals surface area contributed by atoms with Crippen LogP contribution >= 0.6 is 11.6 Å². The summed E-state index contributed by atoms with van der Waals surface area (Å²) in [7, 11) is 0. The number of benzene rings is 1. The molecule has 4 N–H and O–H groups in total. The summed E-state index contributed by atoms with van der Waals surface area (Å²) in [5.74, 6) is 0. The Morgan fingerprint density at radius 2 is 1.87 bits per heavy atom. The van der Waals surface area contributed by atoms with Crippen molar-refractivity contribution in [3.8, 4) is 11.1 Å². The largest absolute Gasteiger partial charge is 0.397 e. The molecule has 0 bridgehead atoms. The zero-order valence-electron chi connectivity index (χ0n) is 7.94. The van der Waals surface area contributed by atoms with Gasteiger partial charge in [-0.2, -0.15) is 0 Å². The van der Waals surface area contributed by atoms with Gasteiger partial charge in [0.15, 0.2) is 0 Å². The van der Waals surface area contributed by atoms with E-state index in [1.165, 1.54) is 0 Å². The molecule has 3 nitrogen and oxygen atoms in total. The van der Waals surface area contributed by atoms with E-state index in [0.717, 1.165) is 11.1 Å². The van der Waals surface area contributed by atoms with Crippen LogP contribution < -0.4 is 11.5 Å². The van der Waals surface area contributed by atoms with Gasteiger partial charge in [0.1, 0.15) is 5.15 Å². The molecule has 0 unspecified atom stereocenters. The van der Waals surface area contributed by atoms with Crippen LogP contribution in [0.1, 0.15) is 0 Å². The fourth-order valence-electron chi connectivity index (χ4n) is 1.37. The molecule has 2 rings (SSSR count). The molecule has 0 atom stereocenters. The van der Waals surface area contributed by atoms with Gasteiger partial charge < -0.3 is 11.5 Å². The van der Waals surface area contributed by atoms with Crippen LogP contribution in [0.5, 0.6) is 0 Å². The molecular formula is C11H10ClN3. The molecule has 0 saturated carbocycles. The van der Waals surface area contributed by atoms with Gasteiger partial charge in [0.2, 0.25) is 0 Å². The number of anilines is 2. The first kappa shape index (κ1) is 9.80. The normalized spacial score (nSPS) is 10.2. The minimum Gasteiger partial charge on any atom is -0.397 e. The number of aromatic nitrogens is 1. The van der Waals surface area contributed by atoms with Gasteiger partial charge in [-0.3, -0.25) is 0 Å². The Morgan fingerprint density at radius 3 is 2.53 bits per heavy atom. The summed E-state index contributed by atoms with van der Waals surface area (Å²) in [6, 6.07) is 9.11. The number of nitrogens with two attached hydrogens (primary N) is 2. The first-order valence-electron chi connectivity index (χ1n) is 4.44. The molecule has 0 aliphatic carbocycles. The van der Waals surface area contributed by atoms with E-state index < -0.39 is 0 Å². The highest BCUT2D eigenvalue weighted by molar-refractivity contribution is 6.29. The fourth-order valence-corrected chi connectivity index (χ4v) is 1.48. The van der Waals surface area contributed by atoms with Crippen LogP contribution in [0.3, 0.4) is 0 Å². The molecule has 15 heavy (non-hydrogen) atoms. The maximum atomic E-state index is 5.87. The molecule has 0 saturated heterocycles. The second-order valence-electron chi connectivity index (χ2n) is 3.18. The van der Waals surface area contributed by atoms with Crippen LogP contribution in [-0.4, -0.2) is 4.98 Å². The van der Waals surface area contributed by atoms with Gasteiger partial charge >= 0.3 is 0 Å². The molecule has 0 radical (unpaired) electrons. The Hall–Kier alpha value is -1.74. The van der Waals surface area contributed by atoms with Crippen LogP contribution in [0.25, 0.3) is 11.1 Å². The molecule has 1 heterocycles. The van der Waals surface area contributed by atoms with Crippen molar-refractivity contribution in [1.29, 1.82) is 0 Å². The highest BCUT2D eigenvalue weighted by Crippen LogP contribution is 2.29. The molecule has 4 heteroatoms. The highest BCUT2D eigenvalue weighted by atomic mass is 35.5. The van der Waals surface area contributed by atoms with Crippen molar-refractivity contribution in [2.45, 2.75) is 0 Å². The number of nitrogen functional groups attached to an aromatic ring is 2. The van der Waals surface area contributed by atoms with Crippen LogP contribution in [0.4, 0.5) is 11.4 Å². The lowest BCUT2D eigenvalue weighted by Gasteiger charge is -2.07. The van der Waals surface area contributed by atoms with Crippen molar-refractivity contribution < 1.29 is 0 Å². The minimum absolute atomic E-state index is 0.459. The minimum atomic E-state index is 0.459. The highest BCUT2D eigenvalue weighted by Gasteiger charge is 2.04. The summed E-state index contributed by atoms with van der Waals surface area (Å²) in [4.78, 5) is 4.00. The van der Waals surface area contributed by atoms with Gasteiger partial charge in [0.05, 0.1) is 11.4 Å². The molecule has 1 aromatic carbocycles. The Bertz CT molecular complexity index is 480. The lowest BCUT2D eigenvalue weighted by atomic mass is 10.1. The van der Waals surface area contributed by atoms with Gasteiger partial charge in [-0.15, -0.1) is 0 Å². The van der Waals surface area contributed by atoms with Gasteiger partial charge in [-0.05, 0) is 18.2 Å². The molecule has 2 aromatic rings. The smallest absolute Gasteiger partial charge is 0.129 e. The standard InChI is InChI=1S/C11H10ClN3/c12-10-5-4-7(6-15-10)8-2-1-3-9(13)11(8)14/h1-6H,13-14H2. The van der Waals surface area contributed by atoms with Gasteiger partial charge in [0.25, 0.3) is 0 Å². The SMILES string of the molecule is Nc1cccc(-c2ccc(Cl)nc2)c1N. The number of hydrogen-bond acceptors (Lipinski definition) is 3. The van der Waals surface area contributed by atoms with Crippen LogP contribution in [0, 0.1) is 0 Å². The average Bonchev–Trinajstić information content (AvgIpc) is 2.24. The number of hydrogen-bond donors (Lipinski definition) is 2. The summed E-state index contributed by atoms with van der Waals surface area (Å²) < 4.78 is 0. The average molecular weight is 220 g/mol. The van der Waals surface area contributed by atoms with Crippen molar-refractivity contribution in [3.63, 3.8) is 0 Å². The Balaban J connectivity index is 2.54. The van der Waals surface area contributed by atoms with Crippen molar-refractivity contribution in [1.82, 2.24) is 4.98 Å². The Morgan fingerprint density at radius 1 is 1.07 bits per heavy atom. The number of para-hydroxylation sites is 1. The van der Waals surface area contributed by atoms with Gasteiger partial charge in [-0.25, -0.2) is 4.98 Å². The molecule has 0 fully saturated rings. The second kappa shape index (κ2) is 3.79. The first-order chi connectivity index (χ1) is 7.18. The summed E-state index contributed by atoms with van der Waals surface area (Å²) in [5, 5.41) is 0.459. The van der Waals surface area contributed by atoms with Gasteiger partial charge in [0, 0.05) is 17.3 Å². The van der Waals surface area contributed by atoms with Gasteiger partial charge in [-0.1, -0.05) is 23.7 Å². The first-order valence-corrected chi connectivity index (χ1v) is 4.82. The fraction of sp³-hybridized carbons (Fsp3) is 0. The third-order valence-corrected chi connectivity index (χ3v) is 2.40. The van der Waals surface area contributed by atoms with E-state index in [-0.39, 0.29) is 0 Å². The van der Waals surface area contributed by atoms with Crippen LogP contribution in [0.15, 0.2) is 36.5 Å². The number of nitrogens with zero attached hydrogens (tertiary/aromatic N) is 1. The lowest BCUT2D eigenvalue weighted by molar-refractivity contribution is 1.33. The van der Waals surface area contributed by atoms with Crippen LogP contribution in [0.2, 0.25) is 5.15 Å². The lowest BCUT2D eigenvalue weighted by Crippen LogP contribution is -1.96. The molecular weight excluding hydrogens is 210 g/mol. The Kier molecular flexibility index (Phi) is 2.47. The second-order valence-corrected chi connectivity index (χ2v) is 3.57. The quantitative estimate of drug-likeness (QED) is 0.572. The zero-order valence-corrected chi connectivity index (χ0v) is 8.70. The maximum absolute atomic E-state index is 5.87. The van der Waals surface area contributed by atoms with E-state index in [0.29, 0.717) is 16.5 Å². The van der Waals surface area contributed by atoms with E-state index in [1.54, 1.807) is 18.3 Å². The molecule has 0 aliphatic rings. The zero-order chi connectivity index (χ0) is 10.8. The predicted octanol–water partition coefficient (Wildman–Crippen LogP) is 2.57. The molecule has 0 spiro atoms. The number of rotatable bonds is 1. The monoisotopic (exact) mass is 219 g/mol. The molecule has 76 valence electrons. The van der Waals surface area contributed by atoms with Crippen molar-refractivity contribution in [2.24, 2.45) is 0 Å². The van der Waals surface area contributed by atoms with E-state index in [4.69, 9.17) is 23.1 Å². The third kappa shape index (κ3) is 1.87. The predicted molar refractivity (Wildman–Crippen MR) is 63.5 cm³/mol. The molecule has 0 aliphatic heterocycles. The number of halogens is 1. The third-order valence-electron chi connectivity index (χ3n) is 2.18. The summed E-state index contributed by atoms with van der Waals surface area (Å²) in [6.07, 6.45) is 1.67. The maximum Gasteiger partial charge on any atom is 0.129 e. The summed E-state index contributed by atoms with van der Waals surface area (Å²) in [5.41, 5.74) is 14.5. The Labute approximate surface area is 92.7 Å². The van der Waals surface area contributed by atoms with Crippen LogP contribution in [-0.2, 0) is 0 Å². The number of pyridine rings is 1. The van der Waals surface area contributed by atoms with E-state index in [1.807, 2.05) is 18.2 Å². The molecule has 0 amide bonds. The van der Waals surface area contributed by atoms with E-state index >= 15 is 0 Å². The van der Waals surface area contributed by atoms with Crippen molar-refractivity contribution in [3.05, 3.63) is 41.7 Å². The summed E-state index contributed by atoms with van der Waals surface area (Å²) >= 11 is 5.70. The van der Waals surface area contributed by atoms with E-state index in [9.17, 15) is 0 Å². The van der Waals surface area contributed by atoms with Crippen molar-refractivity contribution in [2.75, 3.05) is 11.5 Å². The van der Waals surface area contributed by atoms with Crippen molar-refractivity contribution >= 4 is 23.0 Å². The summed E-state index contributed by atoms with van der Waals surface area (Å²) in [6.45, 7) is 0. The topological polar surface area (TPSA) is 64.9 Å². The van der Waals surface area contributed by atoms with E-state index in [2.05, 4.69) is 4.98 Å².